The largest absolute Gasteiger partial charge is 0.480 e. The molecule has 0 aliphatic carbocycles. The molecule has 8 heteroatoms. The van der Waals surface area contributed by atoms with Gasteiger partial charge < -0.3 is 5.11 Å². The number of aliphatic carboxylic acids is 1. The Hall–Kier alpha value is -1.15. The third kappa shape index (κ3) is 3.95. The van der Waals surface area contributed by atoms with Gasteiger partial charge in [-0.3, -0.25) is 4.79 Å². The summed E-state index contributed by atoms with van der Waals surface area (Å²) in [5, 5.41) is 9.25. The molecular weight excluding hydrogens is 280 g/mol. The van der Waals surface area contributed by atoms with Crippen molar-refractivity contribution in [3.05, 3.63) is 34.9 Å². The number of benzene rings is 1. The molecule has 1 atom stereocenters. The van der Waals surface area contributed by atoms with Crippen LogP contribution in [0, 0.1) is 0 Å². The van der Waals surface area contributed by atoms with Crippen molar-refractivity contribution < 1.29 is 18.3 Å². The average molecular weight is 293 g/mol. The molecule has 0 amide bonds. The van der Waals surface area contributed by atoms with E-state index < -0.39 is 22.2 Å². The second kappa shape index (κ2) is 6.14. The number of halogens is 1. The van der Waals surface area contributed by atoms with E-state index in [0.717, 1.165) is 0 Å². The number of hydrogen-bond acceptors (Lipinski definition) is 3. The summed E-state index contributed by atoms with van der Waals surface area (Å²) in [7, 11) is -3.88. The predicted octanol–water partition coefficient (Wildman–Crippen LogP) is 0.910. The van der Waals surface area contributed by atoms with Gasteiger partial charge in [0.05, 0.1) is 0 Å². The molecule has 1 rings (SSSR count). The summed E-state index contributed by atoms with van der Waals surface area (Å²) in [6, 6.07) is 4.73. The van der Waals surface area contributed by atoms with Crippen LogP contribution in [0.1, 0.15) is 18.5 Å². The van der Waals surface area contributed by atoms with Crippen LogP contribution in [0.5, 0.6) is 0 Å². The summed E-state index contributed by atoms with van der Waals surface area (Å²) < 4.78 is 27.2. The maximum absolute atomic E-state index is 11.5. The fourth-order valence-electron chi connectivity index (χ4n) is 1.34. The van der Waals surface area contributed by atoms with Gasteiger partial charge in [0.1, 0.15) is 6.04 Å². The third-order valence-corrected chi connectivity index (χ3v) is 3.63. The molecule has 100 valence electrons. The van der Waals surface area contributed by atoms with Crippen LogP contribution in [0.3, 0.4) is 0 Å². The molecule has 0 bridgehead atoms. The zero-order chi connectivity index (χ0) is 13.8. The van der Waals surface area contributed by atoms with E-state index in [2.05, 4.69) is 4.72 Å². The monoisotopic (exact) mass is 292 g/mol. The highest BCUT2D eigenvalue weighted by atomic mass is 35.5. The second-order valence-electron chi connectivity index (χ2n) is 3.41. The number of hydrogen-bond donors (Lipinski definition) is 3. The Kier molecular flexibility index (Phi) is 5.09. The predicted molar refractivity (Wildman–Crippen MR) is 67.6 cm³/mol. The van der Waals surface area contributed by atoms with E-state index in [1.807, 2.05) is 4.72 Å². The van der Waals surface area contributed by atoms with Crippen LogP contribution in [-0.2, 0) is 15.0 Å². The molecule has 0 radical (unpaired) electrons. The molecule has 0 fully saturated rings. The standard InChI is InChI=1S/C10H13ClN2O4S/c1-2-12-18(16,17)13-9(10(14)15)7-5-3-4-6-8(7)11/h3-6,9,12-13H,2H2,1H3,(H,14,15)/t9-/m1/s1. The number of nitrogens with one attached hydrogen (secondary N) is 2. The van der Waals surface area contributed by atoms with Crippen molar-refractivity contribution in [1.29, 1.82) is 0 Å². The zero-order valence-corrected chi connectivity index (χ0v) is 11.1. The lowest BCUT2D eigenvalue weighted by molar-refractivity contribution is -0.139. The smallest absolute Gasteiger partial charge is 0.326 e. The normalized spacial score (nSPS) is 13.2. The van der Waals surface area contributed by atoms with Crippen molar-refractivity contribution in [3.8, 4) is 0 Å². The molecule has 6 nitrogen and oxygen atoms in total. The van der Waals surface area contributed by atoms with Gasteiger partial charge in [-0.15, -0.1) is 0 Å². The maximum atomic E-state index is 11.5. The summed E-state index contributed by atoms with van der Waals surface area (Å²) in [6.07, 6.45) is 0. The van der Waals surface area contributed by atoms with Gasteiger partial charge in [0, 0.05) is 11.6 Å². The Balaban J connectivity index is 3.06. The van der Waals surface area contributed by atoms with Gasteiger partial charge >= 0.3 is 5.97 Å². The molecule has 0 aromatic heterocycles. The molecule has 0 saturated heterocycles. The molecule has 1 aromatic rings. The molecule has 18 heavy (non-hydrogen) atoms. The molecule has 0 aliphatic rings. The van der Waals surface area contributed by atoms with Gasteiger partial charge in [-0.1, -0.05) is 36.7 Å². The third-order valence-electron chi connectivity index (χ3n) is 2.07. The van der Waals surface area contributed by atoms with Crippen molar-refractivity contribution in [2.45, 2.75) is 13.0 Å². The molecule has 1 aromatic carbocycles. The molecule has 0 heterocycles. The Bertz CT molecular complexity index is 532. The van der Waals surface area contributed by atoms with Gasteiger partial charge in [0.15, 0.2) is 0 Å². The number of carboxylic acid groups (broad SMARTS) is 1. The lowest BCUT2D eigenvalue weighted by atomic mass is 10.1. The minimum atomic E-state index is -3.88. The van der Waals surface area contributed by atoms with E-state index in [-0.39, 0.29) is 17.1 Å². The molecule has 0 saturated carbocycles. The fraction of sp³-hybridized carbons (Fsp3) is 0.300. The number of rotatable bonds is 6. The highest BCUT2D eigenvalue weighted by Gasteiger charge is 2.26. The van der Waals surface area contributed by atoms with E-state index in [1.54, 1.807) is 19.1 Å². The first kappa shape index (κ1) is 14.9. The van der Waals surface area contributed by atoms with Gasteiger partial charge in [-0.2, -0.15) is 13.1 Å². The summed E-state index contributed by atoms with van der Waals surface area (Å²) in [4.78, 5) is 11.1. The summed E-state index contributed by atoms with van der Waals surface area (Å²) in [5.41, 5.74) is 0.188. The molecule has 3 N–H and O–H groups in total. The molecular formula is C10H13ClN2O4S. The van der Waals surface area contributed by atoms with Crippen molar-refractivity contribution in [3.63, 3.8) is 0 Å². The van der Waals surface area contributed by atoms with Crippen LogP contribution < -0.4 is 9.44 Å². The van der Waals surface area contributed by atoms with Crippen LogP contribution >= 0.6 is 11.6 Å². The Morgan fingerprint density at radius 3 is 2.56 bits per heavy atom. The van der Waals surface area contributed by atoms with Crippen molar-refractivity contribution >= 4 is 27.8 Å². The van der Waals surface area contributed by atoms with Gasteiger partial charge in [-0.05, 0) is 11.6 Å². The van der Waals surface area contributed by atoms with Crippen molar-refractivity contribution in [2.24, 2.45) is 0 Å². The Morgan fingerprint density at radius 1 is 1.44 bits per heavy atom. The second-order valence-corrected chi connectivity index (χ2v) is 5.35. The van der Waals surface area contributed by atoms with E-state index in [9.17, 15) is 13.2 Å². The fourth-order valence-corrected chi connectivity index (χ4v) is 2.59. The quantitative estimate of drug-likeness (QED) is 0.726. The molecule has 0 unspecified atom stereocenters. The van der Waals surface area contributed by atoms with Gasteiger partial charge in [0.2, 0.25) is 0 Å². The van der Waals surface area contributed by atoms with Gasteiger partial charge in [0.25, 0.3) is 10.2 Å². The lowest BCUT2D eigenvalue weighted by Crippen LogP contribution is -2.41. The van der Waals surface area contributed by atoms with Crippen molar-refractivity contribution in [2.75, 3.05) is 6.54 Å². The number of carboxylic acids is 1. The SMILES string of the molecule is CCNS(=O)(=O)N[C@@H](C(=O)O)c1ccccc1Cl. The first-order valence-electron chi connectivity index (χ1n) is 5.11. The molecule has 0 aliphatic heterocycles. The lowest BCUT2D eigenvalue weighted by Gasteiger charge is -2.16. The minimum Gasteiger partial charge on any atom is -0.480 e. The summed E-state index contributed by atoms with van der Waals surface area (Å²) in [6.45, 7) is 1.74. The molecule has 0 spiro atoms. The summed E-state index contributed by atoms with van der Waals surface area (Å²) in [5.74, 6) is -1.33. The number of carbonyl (C=O) groups is 1. The highest BCUT2D eigenvalue weighted by Crippen LogP contribution is 2.23. The average Bonchev–Trinajstić information content (AvgIpc) is 2.26. The van der Waals surface area contributed by atoms with E-state index >= 15 is 0 Å². The summed E-state index contributed by atoms with van der Waals surface area (Å²) >= 11 is 5.85. The van der Waals surface area contributed by atoms with Crippen LogP contribution in [0.15, 0.2) is 24.3 Å². The van der Waals surface area contributed by atoms with Crippen LogP contribution in [-0.4, -0.2) is 26.0 Å². The van der Waals surface area contributed by atoms with E-state index in [0.29, 0.717) is 0 Å². The van der Waals surface area contributed by atoms with E-state index in [1.165, 1.54) is 12.1 Å². The maximum Gasteiger partial charge on any atom is 0.326 e. The Morgan fingerprint density at radius 2 is 2.06 bits per heavy atom. The van der Waals surface area contributed by atoms with Crippen molar-refractivity contribution in [1.82, 2.24) is 9.44 Å². The van der Waals surface area contributed by atoms with Crippen LogP contribution in [0.4, 0.5) is 0 Å². The van der Waals surface area contributed by atoms with Gasteiger partial charge in [-0.25, -0.2) is 4.72 Å². The first-order valence-corrected chi connectivity index (χ1v) is 6.97. The first-order chi connectivity index (χ1) is 8.37. The van der Waals surface area contributed by atoms with E-state index in [4.69, 9.17) is 16.7 Å². The highest BCUT2D eigenvalue weighted by molar-refractivity contribution is 7.87. The van der Waals surface area contributed by atoms with Crippen LogP contribution in [0.2, 0.25) is 5.02 Å². The Labute approximate surface area is 110 Å². The minimum absolute atomic E-state index is 0.157. The topological polar surface area (TPSA) is 95.5 Å². The van der Waals surface area contributed by atoms with Crippen LogP contribution in [0.25, 0.3) is 0 Å². The zero-order valence-electron chi connectivity index (χ0n) is 9.55.